The maximum Gasteiger partial charge on any atom is 0.282 e. The van der Waals surface area contributed by atoms with Gasteiger partial charge in [-0.15, -0.1) is 0 Å². The Hall–Kier alpha value is -1.33. The van der Waals surface area contributed by atoms with Crippen LogP contribution in [0, 0.1) is 0 Å². The third kappa shape index (κ3) is 2.72. The zero-order valence-corrected chi connectivity index (χ0v) is 13.9. The first-order chi connectivity index (χ1) is 10.1. The molecule has 21 heavy (non-hydrogen) atoms. The Morgan fingerprint density at radius 1 is 1.43 bits per heavy atom. The van der Waals surface area contributed by atoms with E-state index in [1.54, 1.807) is 13.2 Å². The molecule has 1 aliphatic rings. The van der Waals surface area contributed by atoms with Gasteiger partial charge in [0.1, 0.15) is 4.47 Å². The molecule has 0 bridgehead atoms. The van der Waals surface area contributed by atoms with Gasteiger partial charge >= 0.3 is 0 Å². The lowest BCUT2D eigenvalue weighted by Crippen LogP contribution is -2.28. The number of nitrogens with zero attached hydrogens (tertiary/aromatic N) is 3. The van der Waals surface area contributed by atoms with E-state index in [1.165, 1.54) is 10.2 Å². The van der Waals surface area contributed by atoms with E-state index in [4.69, 9.17) is 11.6 Å². The summed E-state index contributed by atoms with van der Waals surface area (Å²) in [7, 11) is 1.65. The highest BCUT2D eigenvalue weighted by Crippen LogP contribution is 2.38. The van der Waals surface area contributed by atoms with Crippen molar-refractivity contribution in [1.29, 1.82) is 0 Å². The summed E-state index contributed by atoms with van der Waals surface area (Å²) in [5, 5.41) is 4.87. The molecule has 0 aliphatic carbocycles. The highest BCUT2D eigenvalue weighted by atomic mass is 79.9. The van der Waals surface area contributed by atoms with Gasteiger partial charge in [-0.05, 0) is 46.5 Å². The summed E-state index contributed by atoms with van der Waals surface area (Å²) in [6.07, 6.45) is 3.87. The molecule has 6 heteroatoms. The molecule has 0 spiro atoms. The smallest absolute Gasteiger partial charge is 0.282 e. The number of hydrogen-bond donors (Lipinski definition) is 0. The van der Waals surface area contributed by atoms with Crippen molar-refractivity contribution in [3.8, 4) is 0 Å². The zero-order chi connectivity index (χ0) is 15.0. The van der Waals surface area contributed by atoms with Gasteiger partial charge in [0.2, 0.25) is 0 Å². The van der Waals surface area contributed by atoms with Gasteiger partial charge in [0.15, 0.2) is 0 Å². The highest BCUT2D eigenvalue weighted by Gasteiger charge is 2.28. The predicted octanol–water partition coefficient (Wildman–Crippen LogP) is 3.54. The van der Waals surface area contributed by atoms with Crippen LogP contribution in [0.5, 0.6) is 0 Å². The monoisotopic (exact) mass is 367 g/mol. The lowest BCUT2D eigenvalue weighted by Gasteiger charge is -2.27. The molecule has 2 aromatic rings. The molecule has 0 radical (unpaired) electrons. The third-order valence-corrected chi connectivity index (χ3v) is 4.84. The number of anilines is 1. The zero-order valence-electron chi connectivity index (χ0n) is 11.6. The van der Waals surface area contributed by atoms with Gasteiger partial charge in [-0.2, -0.15) is 5.10 Å². The van der Waals surface area contributed by atoms with Crippen LogP contribution >= 0.6 is 27.5 Å². The Bertz CT molecular complexity index is 731. The molecule has 0 N–H and O–H groups in total. The molecule has 3 rings (SSSR count). The minimum absolute atomic E-state index is 0.121. The van der Waals surface area contributed by atoms with Crippen LogP contribution < -0.4 is 10.5 Å². The average molecular weight is 369 g/mol. The number of benzene rings is 1. The van der Waals surface area contributed by atoms with Crippen LogP contribution in [-0.4, -0.2) is 16.3 Å². The summed E-state index contributed by atoms with van der Waals surface area (Å²) in [6.45, 7) is 0.907. The van der Waals surface area contributed by atoms with Crippen LogP contribution in [0.2, 0.25) is 5.02 Å². The molecule has 1 fully saturated rings. The normalized spacial score (nSPS) is 18.2. The summed E-state index contributed by atoms with van der Waals surface area (Å²) in [5.41, 5.74) is 1.90. The molecule has 2 heterocycles. The van der Waals surface area contributed by atoms with E-state index in [9.17, 15) is 4.79 Å². The minimum atomic E-state index is -0.121. The van der Waals surface area contributed by atoms with Gasteiger partial charge in [0.25, 0.3) is 5.56 Å². The predicted molar refractivity (Wildman–Crippen MR) is 88.0 cm³/mol. The first-order valence-corrected chi connectivity index (χ1v) is 7.99. The Balaban J connectivity index is 2.02. The molecule has 1 aromatic carbocycles. The Labute approximate surface area is 136 Å². The second-order valence-corrected chi connectivity index (χ2v) is 6.41. The van der Waals surface area contributed by atoms with Crippen LogP contribution in [0.25, 0.3) is 0 Å². The van der Waals surface area contributed by atoms with E-state index in [1.807, 2.05) is 18.2 Å². The molecule has 1 unspecified atom stereocenters. The van der Waals surface area contributed by atoms with Crippen molar-refractivity contribution in [2.45, 2.75) is 18.9 Å². The Kier molecular flexibility index (Phi) is 4.04. The topological polar surface area (TPSA) is 38.1 Å². The minimum Gasteiger partial charge on any atom is -0.362 e. The van der Waals surface area contributed by atoms with Crippen LogP contribution in [-0.2, 0) is 7.05 Å². The number of rotatable bonds is 2. The molecule has 110 valence electrons. The fourth-order valence-electron chi connectivity index (χ4n) is 2.82. The standard InChI is InChI=1S/C15H15BrClN3O/c1-19-15(21)14(16)13(9-18-19)20-7-3-6-12(20)10-4-2-5-11(17)8-10/h2,4-5,8-9,12H,3,6-7H2,1H3. The van der Waals surface area contributed by atoms with Gasteiger partial charge in [-0.3, -0.25) is 4.79 Å². The van der Waals surface area contributed by atoms with Crippen molar-refractivity contribution < 1.29 is 0 Å². The van der Waals surface area contributed by atoms with Crippen LogP contribution in [0.15, 0.2) is 39.7 Å². The first-order valence-electron chi connectivity index (χ1n) is 6.82. The van der Waals surface area contributed by atoms with E-state index in [2.05, 4.69) is 32.0 Å². The number of hydrogen-bond acceptors (Lipinski definition) is 3. The molecule has 0 amide bonds. The van der Waals surface area contributed by atoms with Gasteiger partial charge in [-0.1, -0.05) is 23.7 Å². The molecule has 1 atom stereocenters. The number of halogens is 2. The molecular weight excluding hydrogens is 354 g/mol. The first kappa shape index (κ1) is 14.6. The second kappa shape index (κ2) is 5.81. The van der Waals surface area contributed by atoms with Crippen molar-refractivity contribution in [2.75, 3.05) is 11.4 Å². The molecule has 4 nitrogen and oxygen atoms in total. The molecule has 0 saturated carbocycles. The van der Waals surface area contributed by atoms with E-state index in [0.717, 1.165) is 30.1 Å². The van der Waals surface area contributed by atoms with Crippen molar-refractivity contribution >= 4 is 33.2 Å². The number of aromatic nitrogens is 2. The molecular formula is C15H15BrClN3O. The van der Waals surface area contributed by atoms with Crippen molar-refractivity contribution in [2.24, 2.45) is 7.05 Å². The van der Waals surface area contributed by atoms with Crippen LogP contribution in [0.4, 0.5) is 5.69 Å². The lowest BCUT2D eigenvalue weighted by atomic mass is 10.0. The SMILES string of the molecule is Cn1ncc(N2CCCC2c2cccc(Cl)c2)c(Br)c1=O. The molecule has 1 aliphatic heterocycles. The third-order valence-electron chi connectivity index (χ3n) is 3.86. The summed E-state index contributed by atoms with van der Waals surface area (Å²) in [4.78, 5) is 14.3. The van der Waals surface area contributed by atoms with Crippen LogP contribution in [0.1, 0.15) is 24.4 Å². The largest absolute Gasteiger partial charge is 0.362 e. The maximum atomic E-state index is 12.0. The number of aryl methyl sites for hydroxylation is 1. The summed E-state index contributed by atoms with van der Waals surface area (Å²) in [5.74, 6) is 0. The summed E-state index contributed by atoms with van der Waals surface area (Å²) in [6, 6.07) is 8.14. The van der Waals surface area contributed by atoms with E-state index in [0.29, 0.717) is 4.47 Å². The second-order valence-electron chi connectivity index (χ2n) is 5.18. The fourth-order valence-corrected chi connectivity index (χ4v) is 3.60. The maximum absolute atomic E-state index is 12.0. The molecule has 1 saturated heterocycles. The van der Waals surface area contributed by atoms with Gasteiger partial charge in [0, 0.05) is 18.6 Å². The van der Waals surface area contributed by atoms with Crippen molar-refractivity contribution in [3.05, 3.63) is 55.9 Å². The van der Waals surface area contributed by atoms with E-state index >= 15 is 0 Å². The quantitative estimate of drug-likeness (QED) is 0.814. The fraction of sp³-hybridized carbons (Fsp3) is 0.333. The Morgan fingerprint density at radius 2 is 2.24 bits per heavy atom. The highest BCUT2D eigenvalue weighted by molar-refractivity contribution is 9.10. The van der Waals surface area contributed by atoms with E-state index < -0.39 is 0 Å². The molecule has 1 aromatic heterocycles. The van der Waals surface area contributed by atoms with Gasteiger partial charge in [-0.25, -0.2) is 4.68 Å². The van der Waals surface area contributed by atoms with Crippen LogP contribution in [0.3, 0.4) is 0 Å². The Morgan fingerprint density at radius 3 is 3.00 bits per heavy atom. The lowest BCUT2D eigenvalue weighted by molar-refractivity contribution is 0.680. The van der Waals surface area contributed by atoms with Crippen molar-refractivity contribution in [3.63, 3.8) is 0 Å². The summed E-state index contributed by atoms with van der Waals surface area (Å²) >= 11 is 9.52. The van der Waals surface area contributed by atoms with E-state index in [-0.39, 0.29) is 11.6 Å². The average Bonchev–Trinajstić information content (AvgIpc) is 2.94. The van der Waals surface area contributed by atoms with Gasteiger partial charge < -0.3 is 4.90 Å². The van der Waals surface area contributed by atoms with Crippen molar-refractivity contribution in [1.82, 2.24) is 9.78 Å². The summed E-state index contributed by atoms with van der Waals surface area (Å²) < 4.78 is 1.90. The van der Waals surface area contributed by atoms with Gasteiger partial charge in [0.05, 0.1) is 17.9 Å².